The Morgan fingerprint density at radius 3 is 2.85 bits per heavy atom. The van der Waals surface area contributed by atoms with Gasteiger partial charge in [0.2, 0.25) is 11.8 Å². The molecule has 1 N–H and O–H groups in total. The molecule has 1 aliphatic rings. The zero-order valence-electron chi connectivity index (χ0n) is 14.7. The Morgan fingerprint density at radius 2 is 2.12 bits per heavy atom. The van der Waals surface area contributed by atoms with Gasteiger partial charge in [0.25, 0.3) is 5.22 Å². The van der Waals surface area contributed by atoms with Gasteiger partial charge in [-0.15, -0.1) is 10.2 Å². The number of carbonyl (C=O) groups excluding carboxylic acids is 1. The molecule has 1 aromatic carbocycles. The molecule has 1 aromatic heterocycles. The Morgan fingerprint density at radius 1 is 1.31 bits per heavy atom. The summed E-state index contributed by atoms with van der Waals surface area (Å²) in [6.07, 6.45) is 8.12. The summed E-state index contributed by atoms with van der Waals surface area (Å²) in [6.45, 7) is 2.52. The monoisotopic (exact) mass is 391 g/mol. The van der Waals surface area contributed by atoms with Crippen LogP contribution in [0, 0.1) is 0 Å². The number of allylic oxidation sites excluding steroid dienone is 1. The number of rotatable bonds is 7. The Kier molecular flexibility index (Phi) is 6.74. The summed E-state index contributed by atoms with van der Waals surface area (Å²) in [6, 6.07) is 7.18. The molecular weight excluding hydrogens is 370 g/mol. The molecule has 0 aliphatic heterocycles. The highest BCUT2D eigenvalue weighted by Crippen LogP contribution is 2.27. The average molecular weight is 392 g/mol. The molecular formula is C19H22ClN3O2S. The minimum atomic E-state index is -0.297. The van der Waals surface area contributed by atoms with E-state index in [2.05, 4.69) is 21.6 Å². The Hall–Kier alpha value is -1.79. The minimum absolute atomic E-state index is 0.0161. The lowest BCUT2D eigenvalue weighted by atomic mass is 9.97. The highest BCUT2D eigenvalue weighted by atomic mass is 35.5. The molecule has 3 rings (SSSR count). The fourth-order valence-corrected chi connectivity index (χ4v) is 3.63. The van der Waals surface area contributed by atoms with Crippen molar-refractivity contribution < 1.29 is 9.21 Å². The normalized spacial score (nSPS) is 15.4. The summed E-state index contributed by atoms with van der Waals surface area (Å²) in [5.74, 6) is 0.402. The van der Waals surface area contributed by atoms with E-state index in [9.17, 15) is 4.79 Å². The predicted octanol–water partition coefficient (Wildman–Crippen LogP) is 4.88. The first-order valence-electron chi connectivity index (χ1n) is 8.83. The molecule has 1 aliphatic carbocycles. The van der Waals surface area contributed by atoms with Gasteiger partial charge in [-0.2, -0.15) is 0 Å². The van der Waals surface area contributed by atoms with Crippen LogP contribution in [-0.4, -0.2) is 27.9 Å². The van der Waals surface area contributed by atoms with Crippen molar-refractivity contribution in [2.24, 2.45) is 0 Å². The minimum Gasteiger partial charge on any atom is -0.411 e. The summed E-state index contributed by atoms with van der Waals surface area (Å²) >= 11 is 7.14. The van der Waals surface area contributed by atoms with Gasteiger partial charge < -0.3 is 9.73 Å². The largest absolute Gasteiger partial charge is 0.411 e. The van der Waals surface area contributed by atoms with Crippen molar-refractivity contribution in [1.29, 1.82) is 0 Å². The van der Waals surface area contributed by atoms with E-state index >= 15 is 0 Å². The van der Waals surface area contributed by atoms with E-state index in [0.717, 1.165) is 18.4 Å². The van der Waals surface area contributed by atoms with Crippen molar-refractivity contribution in [3.8, 4) is 11.5 Å². The summed E-state index contributed by atoms with van der Waals surface area (Å²) in [4.78, 5) is 12.2. The molecule has 1 heterocycles. The molecule has 0 spiro atoms. The molecule has 0 bridgehead atoms. The van der Waals surface area contributed by atoms with E-state index in [1.807, 2.05) is 19.1 Å². The number of amides is 1. The van der Waals surface area contributed by atoms with Crippen LogP contribution in [0.4, 0.5) is 0 Å². The van der Waals surface area contributed by atoms with Gasteiger partial charge >= 0.3 is 0 Å². The lowest BCUT2D eigenvalue weighted by Gasteiger charge is -2.14. The second-order valence-electron chi connectivity index (χ2n) is 6.29. The molecule has 1 unspecified atom stereocenters. The van der Waals surface area contributed by atoms with Crippen LogP contribution in [0.15, 0.2) is 45.6 Å². The molecule has 138 valence electrons. The van der Waals surface area contributed by atoms with Gasteiger partial charge in [0, 0.05) is 17.1 Å². The Balaban J connectivity index is 1.48. The fourth-order valence-electron chi connectivity index (χ4n) is 2.79. The Bertz CT molecular complexity index is 773. The second-order valence-corrected chi connectivity index (χ2v) is 8.02. The molecule has 5 nitrogen and oxygen atoms in total. The van der Waals surface area contributed by atoms with Gasteiger partial charge in [0.1, 0.15) is 0 Å². The maximum absolute atomic E-state index is 12.2. The zero-order chi connectivity index (χ0) is 18.4. The standard InChI is InChI=1S/C19H22ClN3O2S/c1-13(17(24)21-12-11-14-5-3-2-4-6-14)26-19-23-22-18(25-19)15-7-9-16(20)10-8-15/h5,7-10,13H,2-4,6,11-12H2,1H3,(H,21,24). The van der Waals surface area contributed by atoms with Gasteiger partial charge in [-0.25, -0.2) is 0 Å². The number of halogens is 1. The third kappa shape index (κ3) is 5.35. The third-order valence-electron chi connectivity index (χ3n) is 4.27. The number of hydrogen-bond acceptors (Lipinski definition) is 5. The number of nitrogens with one attached hydrogen (secondary N) is 1. The van der Waals surface area contributed by atoms with Crippen LogP contribution in [0.2, 0.25) is 5.02 Å². The first-order valence-corrected chi connectivity index (χ1v) is 10.1. The molecule has 26 heavy (non-hydrogen) atoms. The van der Waals surface area contributed by atoms with Crippen molar-refractivity contribution in [2.75, 3.05) is 6.54 Å². The number of hydrogen-bond donors (Lipinski definition) is 1. The third-order valence-corrected chi connectivity index (χ3v) is 5.46. The molecule has 1 amide bonds. The maximum Gasteiger partial charge on any atom is 0.277 e. The average Bonchev–Trinajstić information content (AvgIpc) is 3.11. The summed E-state index contributed by atoms with van der Waals surface area (Å²) in [5.41, 5.74) is 2.26. The lowest BCUT2D eigenvalue weighted by Crippen LogP contribution is -2.31. The SMILES string of the molecule is CC(Sc1nnc(-c2ccc(Cl)cc2)o1)C(=O)NCCC1=CCCCC1. The summed E-state index contributed by atoms with van der Waals surface area (Å²) in [7, 11) is 0. The van der Waals surface area contributed by atoms with Gasteiger partial charge in [-0.3, -0.25) is 4.79 Å². The van der Waals surface area contributed by atoms with Crippen molar-refractivity contribution in [1.82, 2.24) is 15.5 Å². The predicted molar refractivity (Wildman–Crippen MR) is 104 cm³/mol. The first kappa shape index (κ1) is 19.0. The first-order chi connectivity index (χ1) is 12.6. The van der Waals surface area contributed by atoms with Crippen molar-refractivity contribution in [2.45, 2.75) is 49.5 Å². The Labute approximate surface area is 162 Å². The summed E-state index contributed by atoms with van der Waals surface area (Å²) in [5, 5.41) is 11.8. The lowest BCUT2D eigenvalue weighted by molar-refractivity contribution is -0.120. The molecule has 2 aromatic rings. The number of nitrogens with zero attached hydrogens (tertiary/aromatic N) is 2. The van der Waals surface area contributed by atoms with E-state index in [-0.39, 0.29) is 11.2 Å². The molecule has 1 atom stereocenters. The molecule has 0 radical (unpaired) electrons. The van der Waals surface area contributed by atoms with E-state index in [1.54, 1.807) is 12.1 Å². The van der Waals surface area contributed by atoms with E-state index in [0.29, 0.717) is 22.7 Å². The number of carbonyl (C=O) groups is 1. The fraction of sp³-hybridized carbons (Fsp3) is 0.421. The molecule has 0 saturated carbocycles. The number of thioether (sulfide) groups is 1. The quantitative estimate of drug-likeness (QED) is 0.538. The van der Waals surface area contributed by atoms with Gasteiger partial charge in [-0.1, -0.05) is 35.0 Å². The number of aromatic nitrogens is 2. The van der Waals surface area contributed by atoms with Gasteiger partial charge in [-0.05, 0) is 63.3 Å². The van der Waals surface area contributed by atoms with Crippen molar-refractivity contribution in [3.63, 3.8) is 0 Å². The van der Waals surface area contributed by atoms with E-state index in [4.69, 9.17) is 16.0 Å². The molecule has 0 fully saturated rings. The van der Waals surface area contributed by atoms with Crippen molar-refractivity contribution in [3.05, 3.63) is 40.9 Å². The van der Waals surface area contributed by atoms with Crippen LogP contribution in [0.5, 0.6) is 0 Å². The van der Waals surface area contributed by atoms with E-state index < -0.39 is 0 Å². The zero-order valence-corrected chi connectivity index (χ0v) is 16.3. The molecule has 7 heteroatoms. The van der Waals surface area contributed by atoms with Crippen LogP contribution in [0.3, 0.4) is 0 Å². The maximum atomic E-state index is 12.2. The number of benzene rings is 1. The topological polar surface area (TPSA) is 68.0 Å². The van der Waals surface area contributed by atoms with Crippen LogP contribution >= 0.6 is 23.4 Å². The van der Waals surface area contributed by atoms with Gasteiger partial charge in [0.05, 0.1) is 5.25 Å². The highest BCUT2D eigenvalue weighted by Gasteiger charge is 2.18. The van der Waals surface area contributed by atoms with Crippen LogP contribution in [-0.2, 0) is 4.79 Å². The second kappa shape index (κ2) is 9.24. The van der Waals surface area contributed by atoms with Crippen LogP contribution < -0.4 is 5.32 Å². The summed E-state index contributed by atoms with van der Waals surface area (Å²) < 4.78 is 5.64. The van der Waals surface area contributed by atoms with Crippen molar-refractivity contribution >= 4 is 29.3 Å². The smallest absolute Gasteiger partial charge is 0.277 e. The highest BCUT2D eigenvalue weighted by molar-refractivity contribution is 8.00. The van der Waals surface area contributed by atoms with Crippen LogP contribution in [0.1, 0.15) is 39.0 Å². The van der Waals surface area contributed by atoms with E-state index in [1.165, 1.54) is 36.6 Å². The molecule has 0 saturated heterocycles. The van der Waals surface area contributed by atoms with Crippen LogP contribution in [0.25, 0.3) is 11.5 Å². The van der Waals surface area contributed by atoms with Gasteiger partial charge in [0.15, 0.2) is 0 Å².